The van der Waals surface area contributed by atoms with E-state index < -0.39 is 0 Å². The highest BCUT2D eigenvalue weighted by molar-refractivity contribution is 5.20. The van der Waals surface area contributed by atoms with Crippen molar-refractivity contribution in [1.82, 2.24) is 5.32 Å². The maximum atomic E-state index is 3.61. The molecule has 1 aliphatic rings. The van der Waals surface area contributed by atoms with Crippen molar-refractivity contribution in [2.75, 3.05) is 13.1 Å². The summed E-state index contributed by atoms with van der Waals surface area (Å²) < 4.78 is 0. The Hall–Kier alpha value is -0.820. The Balaban J connectivity index is 1.93. The third-order valence-corrected chi connectivity index (χ3v) is 4.18. The van der Waals surface area contributed by atoms with E-state index >= 15 is 0 Å². The topological polar surface area (TPSA) is 12.0 Å². The van der Waals surface area contributed by atoms with Gasteiger partial charge in [0.25, 0.3) is 0 Å². The molecule has 1 fully saturated rings. The summed E-state index contributed by atoms with van der Waals surface area (Å²) in [5, 5.41) is 3.61. The molecule has 1 atom stereocenters. The molecule has 0 radical (unpaired) electrons. The number of nitrogens with one attached hydrogen (secondary N) is 1. The van der Waals surface area contributed by atoms with Crippen LogP contribution in [0.1, 0.15) is 56.9 Å². The average molecular weight is 245 g/mol. The third-order valence-electron chi connectivity index (χ3n) is 4.18. The zero-order valence-corrected chi connectivity index (χ0v) is 11.7. The van der Waals surface area contributed by atoms with E-state index in [0.717, 1.165) is 19.0 Å². The van der Waals surface area contributed by atoms with Gasteiger partial charge in [0, 0.05) is 6.54 Å². The van der Waals surface area contributed by atoms with Gasteiger partial charge in [0.2, 0.25) is 0 Å². The predicted molar refractivity (Wildman–Crippen MR) is 78.9 cm³/mol. The predicted octanol–water partition coefficient (Wildman–Crippen LogP) is 4.35. The first-order chi connectivity index (χ1) is 8.90. The Morgan fingerprint density at radius 3 is 2.56 bits per heavy atom. The van der Waals surface area contributed by atoms with Gasteiger partial charge in [-0.3, -0.25) is 0 Å². The van der Waals surface area contributed by atoms with Gasteiger partial charge in [-0.2, -0.15) is 0 Å². The van der Waals surface area contributed by atoms with Crippen LogP contribution in [0.15, 0.2) is 30.3 Å². The lowest BCUT2D eigenvalue weighted by atomic mass is 9.88. The molecular weight excluding hydrogens is 218 g/mol. The maximum absolute atomic E-state index is 3.61. The fourth-order valence-corrected chi connectivity index (χ4v) is 3.16. The highest BCUT2D eigenvalue weighted by Gasteiger charge is 2.20. The fourth-order valence-electron chi connectivity index (χ4n) is 3.16. The largest absolute Gasteiger partial charge is 0.316 e. The third kappa shape index (κ3) is 4.13. The van der Waals surface area contributed by atoms with E-state index in [1.165, 1.54) is 44.1 Å². The van der Waals surface area contributed by atoms with Gasteiger partial charge in [-0.15, -0.1) is 0 Å². The van der Waals surface area contributed by atoms with Gasteiger partial charge >= 0.3 is 0 Å². The van der Waals surface area contributed by atoms with Crippen LogP contribution in [0.25, 0.3) is 0 Å². The number of rotatable bonds is 7. The van der Waals surface area contributed by atoms with E-state index in [1.54, 1.807) is 0 Å². The van der Waals surface area contributed by atoms with Crippen LogP contribution in [0, 0.1) is 5.92 Å². The quantitative estimate of drug-likeness (QED) is 0.704. The fraction of sp³-hybridized carbons (Fsp3) is 0.647. The number of hydrogen-bond acceptors (Lipinski definition) is 1. The molecule has 1 aliphatic carbocycles. The van der Waals surface area contributed by atoms with Crippen molar-refractivity contribution in [3.05, 3.63) is 35.9 Å². The Labute approximate surface area is 112 Å². The summed E-state index contributed by atoms with van der Waals surface area (Å²) >= 11 is 0. The Kier molecular flexibility index (Phi) is 5.73. The molecule has 0 saturated heterocycles. The molecule has 1 N–H and O–H groups in total. The van der Waals surface area contributed by atoms with Crippen LogP contribution >= 0.6 is 0 Å². The van der Waals surface area contributed by atoms with Gasteiger partial charge in [0.1, 0.15) is 0 Å². The second-order valence-electron chi connectivity index (χ2n) is 5.70. The van der Waals surface area contributed by atoms with Crippen LogP contribution in [0.2, 0.25) is 0 Å². The first-order valence-corrected chi connectivity index (χ1v) is 7.65. The SMILES string of the molecule is CCCNCC(CC1CCCC1)c1ccccc1. The van der Waals surface area contributed by atoms with Gasteiger partial charge < -0.3 is 5.32 Å². The Bertz CT molecular complexity index is 314. The lowest BCUT2D eigenvalue weighted by Crippen LogP contribution is -2.23. The second kappa shape index (κ2) is 7.58. The van der Waals surface area contributed by atoms with Crippen molar-refractivity contribution in [2.45, 2.75) is 51.4 Å². The molecule has 0 aromatic heterocycles. The highest BCUT2D eigenvalue weighted by Crippen LogP contribution is 2.33. The van der Waals surface area contributed by atoms with E-state index in [1.807, 2.05) is 0 Å². The summed E-state index contributed by atoms with van der Waals surface area (Å²) in [6.45, 7) is 4.53. The summed E-state index contributed by atoms with van der Waals surface area (Å²) in [6.07, 6.45) is 8.42. The monoisotopic (exact) mass is 245 g/mol. The van der Waals surface area contributed by atoms with Gasteiger partial charge in [-0.25, -0.2) is 0 Å². The van der Waals surface area contributed by atoms with Crippen LogP contribution in [-0.2, 0) is 0 Å². The molecule has 1 aromatic carbocycles. The molecule has 1 aromatic rings. The molecule has 100 valence electrons. The minimum atomic E-state index is 0.709. The van der Waals surface area contributed by atoms with E-state index in [9.17, 15) is 0 Å². The number of benzene rings is 1. The lowest BCUT2D eigenvalue weighted by Gasteiger charge is -2.21. The molecule has 0 amide bonds. The van der Waals surface area contributed by atoms with Crippen LogP contribution in [0.4, 0.5) is 0 Å². The minimum Gasteiger partial charge on any atom is -0.316 e. The first-order valence-electron chi connectivity index (χ1n) is 7.65. The summed E-state index contributed by atoms with van der Waals surface area (Å²) in [6, 6.07) is 11.1. The average Bonchev–Trinajstić information content (AvgIpc) is 2.92. The van der Waals surface area contributed by atoms with Crippen molar-refractivity contribution >= 4 is 0 Å². The highest BCUT2D eigenvalue weighted by atomic mass is 14.8. The Morgan fingerprint density at radius 2 is 1.89 bits per heavy atom. The molecule has 1 unspecified atom stereocenters. The zero-order chi connectivity index (χ0) is 12.6. The number of hydrogen-bond donors (Lipinski definition) is 1. The van der Waals surface area contributed by atoms with Crippen molar-refractivity contribution in [3.63, 3.8) is 0 Å². The van der Waals surface area contributed by atoms with Crippen molar-refractivity contribution in [2.24, 2.45) is 5.92 Å². The minimum absolute atomic E-state index is 0.709. The standard InChI is InChI=1S/C17H27N/c1-2-12-18-14-17(13-15-8-6-7-9-15)16-10-4-3-5-11-16/h3-5,10-11,15,17-18H,2,6-9,12-14H2,1H3. The molecule has 1 heteroatoms. The summed E-state index contributed by atoms with van der Waals surface area (Å²) in [5.41, 5.74) is 1.52. The van der Waals surface area contributed by atoms with Gasteiger partial charge in [0.15, 0.2) is 0 Å². The molecule has 0 spiro atoms. The van der Waals surface area contributed by atoms with Gasteiger partial charge in [-0.05, 0) is 36.8 Å². The van der Waals surface area contributed by atoms with Crippen LogP contribution in [-0.4, -0.2) is 13.1 Å². The molecule has 1 nitrogen and oxygen atoms in total. The molecular formula is C17H27N. The maximum Gasteiger partial charge on any atom is 0.00202 e. The van der Waals surface area contributed by atoms with Crippen LogP contribution in [0.5, 0.6) is 0 Å². The van der Waals surface area contributed by atoms with E-state index in [4.69, 9.17) is 0 Å². The lowest BCUT2D eigenvalue weighted by molar-refractivity contribution is 0.427. The van der Waals surface area contributed by atoms with Gasteiger partial charge in [-0.1, -0.05) is 62.9 Å². The van der Waals surface area contributed by atoms with Crippen LogP contribution in [0.3, 0.4) is 0 Å². The van der Waals surface area contributed by atoms with Gasteiger partial charge in [0.05, 0.1) is 0 Å². The molecule has 0 bridgehead atoms. The van der Waals surface area contributed by atoms with Crippen molar-refractivity contribution < 1.29 is 0 Å². The summed E-state index contributed by atoms with van der Waals surface area (Å²) in [5.74, 6) is 1.68. The molecule has 2 rings (SSSR count). The van der Waals surface area contributed by atoms with E-state index in [2.05, 4.69) is 42.6 Å². The molecule has 18 heavy (non-hydrogen) atoms. The summed E-state index contributed by atoms with van der Waals surface area (Å²) in [7, 11) is 0. The molecule has 1 saturated carbocycles. The normalized spacial score (nSPS) is 18.1. The van der Waals surface area contributed by atoms with Crippen LogP contribution < -0.4 is 5.32 Å². The Morgan fingerprint density at radius 1 is 1.17 bits per heavy atom. The molecule has 0 heterocycles. The smallest absolute Gasteiger partial charge is 0.00202 e. The van der Waals surface area contributed by atoms with E-state index in [0.29, 0.717) is 5.92 Å². The van der Waals surface area contributed by atoms with Crippen molar-refractivity contribution in [3.8, 4) is 0 Å². The first kappa shape index (κ1) is 13.6. The second-order valence-corrected chi connectivity index (χ2v) is 5.70. The molecule has 0 aliphatic heterocycles. The summed E-state index contributed by atoms with van der Waals surface area (Å²) in [4.78, 5) is 0. The zero-order valence-electron chi connectivity index (χ0n) is 11.7. The van der Waals surface area contributed by atoms with Crippen molar-refractivity contribution in [1.29, 1.82) is 0 Å². The van der Waals surface area contributed by atoms with E-state index in [-0.39, 0.29) is 0 Å².